The standard InChI is InChI=1S/C24H27N3O2S/c1-17(19-8-4-3-5-9-19)27-23(28)21(25-24(27)30)15-18-10-11-22(29-2)20(14-18)16-26-12-6-7-13-26/h3-5,8-11,14-15,17H,6-7,12-13,16H2,1-2H3,(H,25,30)/b21-15-. The van der Waals surface area contributed by atoms with Gasteiger partial charge in [0.25, 0.3) is 5.91 Å². The molecule has 2 aliphatic heterocycles. The topological polar surface area (TPSA) is 44.8 Å². The number of ether oxygens (including phenoxy) is 1. The first kappa shape index (κ1) is 20.6. The van der Waals surface area contributed by atoms with Crippen LogP contribution in [0.25, 0.3) is 6.08 Å². The van der Waals surface area contributed by atoms with Crippen molar-refractivity contribution < 1.29 is 9.53 Å². The van der Waals surface area contributed by atoms with Crippen LogP contribution in [0.2, 0.25) is 0 Å². The molecule has 4 rings (SSSR count). The van der Waals surface area contributed by atoms with Crippen molar-refractivity contribution in [3.63, 3.8) is 0 Å². The van der Waals surface area contributed by atoms with Gasteiger partial charge in [-0.2, -0.15) is 0 Å². The second-order valence-corrected chi connectivity index (χ2v) is 8.19. The molecule has 2 saturated heterocycles. The number of thiocarbonyl (C=S) groups is 1. The number of nitrogens with one attached hydrogen (secondary N) is 1. The summed E-state index contributed by atoms with van der Waals surface area (Å²) in [6.07, 6.45) is 4.37. The molecule has 1 unspecified atom stereocenters. The zero-order valence-electron chi connectivity index (χ0n) is 17.4. The highest BCUT2D eigenvalue weighted by atomic mass is 32.1. The number of hydrogen-bond acceptors (Lipinski definition) is 4. The summed E-state index contributed by atoms with van der Waals surface area (Å²) >= 11 is 5.47. The van der Waals surface area contributed by atoms with Gasteiger partial charge in [0, 0.05) is 12.1 Å². The smallest absolute Gasteiger partial charge is 0.277 e. The fraction of sp³-hybridized carbons (Fsp3) is 0.333. The van der Waals surface area contributed by atoms with Gasteiger partial charge >= 0.3 is 0 Å². The van der Waals surface area contributed by atoms with E-state index in [1.165, 1.54) is 12.8 Å². The molecule has 2 aliphatic rings. The summed E-state index contributed by atoms with van der Waals surface area (Å²) in [7, 11) is 1.70. The average molecular weight is 422 g/mol. The largest absolute Gasteiger partial charge is 0.496 e. The number of methoxy groups -OCH3 is 1. The van der Waals surface area contributed by atoms with E-state index < -0.39 is 0 Å². The molecule has 1 N–H and O–H groups in total. The van der Waals surface area contributed by atoms with E-state index in [-0.39, 0.29) is 11.9 Å². The lowest BCUT2D eigenvalue weighted by Crippen LogP contribution is -2.33. The monoisotopic (exact) mass is 421 g/mol. The van der Waals surface area contributed by atoms with Gasteiger partial charge in [0.2, 0.25) is 0 Å². The zero-order valence-corrected chi connectivity index (χ0v) is 18.2. The van der Waals surface area contributed by atoms with Crippen molar-refractivity contribution in [2.24, 2.45) is 0 Å². The van der Waals surface area contributed by atoms with Gasteiger partial charge in [-0.25, -0.2) is 0 Å². The molecule has 6 heteroatoms. The average Bonchev–Trinajstić information content (AvgIpc) is 3.36. The third-order valence-corrected chi connectivity index (χ3v) is 6.09. The van der Waals surface area contributed by atoms with Crippen LogP contribution in [0.5, 0.6) is 5.75 Å². The third-order valence-electron chi connectivity index (χ3n) is 5.79. The van der Waals surface area contributed by atoms with Crippen molar-refractivity contribution in [2.75, 3.05) is 20.2 Å². The van der Waals surface area contributed by atoms with Crippen LogP contribution >= 0.6 is 12.2 Å². The summed E-state index contributed by atoms with van der Waals surface area (Å²) < 4.78 is 5.56. The summed E-state index contributed by atoms with van der Waals surface area (Å²) in [5.74, 6) is 0.776. The van der Waals surface area contributed by atoms with E-state index in [2.05, 4.69) is 16.3 Å². The Kier molecular flexibility index (Phi) is 6.16. The Balaban J connectivity index is 1.57. The summed E-state index contributed by atoms with van der Waals surface area (Å²) in [5.41, 5.74) is 3.64. The number of hydrogen-bond donors (Lipinski definition) is 1. The summed E-state index contributed by atoms with van der Waals surface area (Å²) in [6.45, 7) is 5.09. The molecule has 30 heavy (non-hydrogen) atoms. The number of likely N-dealkylation sites (tertiary alicyclic amines) is 1. The lowest BCUT2D eigenvalue weighted by molar-refractivity contribution is -0.123. The number of amides is 1. The van der Waals surface area contributed by atoms with Crippen LogP contribution in [-0.2, 0) is 11.3 Å². The first-order valence-electron chi connectivity index (χ1n) is 10.4. The van der Waals surface area contributed by atoms with Gasteiger partial charge in [-0.05, 0) is 74.4 Å². The predicted molar refractivity (Wildman–Crippen MR) is 123 cm³/mol. The van der Waals surface area contributed by atoms with Crippen LogP contribution in [0.15, 0.2) is 54.2 Å². The fourth-order valence-electron chi connectivity index (χ4n) is 4.14. The summed E-state index contributed by atoms with van der Waals surface area (Å²) in [6, 6.07) is 15.8. The third kappa shape index (κ3) is 4.25. The fourth-order valence-corrected chi connectivity index (χ4v) is 4.49. The number of carbonyl (C=O) groups is 1. The number of benzene rings is 2. The van der Waals surface area contributed by atoms with Gasteiger partial charge in [-0.1, -0.05) is 36.4 Å². The molecule has 5 nitrogen and oxygen atoms in total. The molecule has 0 aromatic heterocycles. The Morgan fingerprint density at radius 2 is 1.90 bits per heavy atom. The first-order valence-corrected chi connectivity index (χ1v) is 10.8. The zero-order chi connectivity index (χ0) is 21.1. The second-order valence-electron chi connectivity index (χ2n) is 7.80. The van der Waals surface area contributed by atoms with Crippen LogP contribution in [0.1, 0.15) is 42.5 Å². The van der Waals surface area contributed by atoms with Crippen molar-refractivity contribution >= 4 is 29.3 Å². The molecule has 2 fully saturated rings. The molecule has 2 aromatic carbocycles. The van der Waals surface area contributed by atoms with Gasteiger partial charge in [-0.15, -0.1) is 0 Å². The Labute approximate surface area is 183 Å². The maximum atomic E-state index is 13.1. The van der Waals surface area contributed by atoms with Crippen molar-refractivity contribution in [1.82, 2.24) is 15.1 Å². The molecule has 1 atom stereocenters. The molecule has 156 valence electrons. The van der Waals surface area contributed by atoms with Crippen LogP contribution in [-0.4, -0.2) is 41.0 Å². The highest BCUT2D eigenvalue weighted by Gasteiger charge is 2.34. The van der Waals surface area contributed by atoms with E-state index in [1.54, 1.807) is 12.0 Å². The molecule has 0 bridgehead atoms. The van der Waals surface area contributed by atoms with Gasteiger partial charge in [-0.3, -0.25) is 14.6 Å². The SMILES string of the molecule is COc1ccc(/C=C2\NC(=S)N(C(C)c3ccccc3)C2=O)cc1CN1CCCC1. The maximum absolute atomic E-state index is 13.1. The molecule has 0 saturated carbocycles. The number of carbonyl (C=O) groups excluding carboxylic acids is 1. The Hall–Kier alpha value is -2.70. The Morgan fingerprint density at radius 1 is 1.17 bits per heavy atom. The van der Waals surface area contributed by atoms with E-state index in [1.807, 2.05) is 55.5 Å². The van der Waals surface area contributed by atoms with E-state index in [0.717, 1.165) is 42.1 Å². The van der Waals surface area contributed by atoms with E-state index in [9.17, 15) is 4.79 Å². The lowest BCUT2D eigenvalue weighted by Gasteiger charge is -2.23. The summed E-state index contributed by atoms with van der Waals surface area (Å²) in [5, 5.41) is 3.54. The van der Waals surface area contributed by atoms with Crippen molar-refractivity contribution in [3.8, 4) is 5.75 Å². The van der Waals surface area contributed by atoms with Gasteiger partial charge < -0.3 is 10.1 Å². The summed E-state index contributed by atoms with van der Waals surface area (Å²) in [4.78, 5) is 17.2. The number of rotatable bonds is 6. The molecular formula is C24H27N3O2S. The van der Waals surface area contributed by atoms with Gasteiger partial charge in [0.05, 0.1) is 13.2 Å². The Morgan fingerprint density at radius 3 is 2.60 bits per heavy atom. The van der Waals surface area contributed by atoms with E-state index in [0.29, 0.717) is 10.8 Å². The minimum atomic E-state index is -0.133. The molecule has 0 radical (unpaired) electrons. The molecule has 1 amide bonds. The molecule has 0 aliphatic carbocycles. The van der Waals surface area contributed by atoms with Crippen LogP contribution in [0.4, 0.5) is 0 Å². The quantitative estimate of drug-likeness (QED) is 0.562. The predicted octanol–water partition coefficient (Wildman–Crippen LogP) is 4.11. The minimum absolute atomic E-state index is 0.103. The van der Waals surface area contributed by atoms with Gasteiger partial charge in [0.1, 0.15) is 11.4 Å². The molecular weight excluding hydrogens is 394 g/mol. The highest BCUT2D eigenvalue weighted by molar-refractivity contribution is 7.80. The van der Waals surface area contributed by atoms with E-state index in [4.69, 9.17) is 17.0 Å². The van der Waals surface area contributed by atoms with Crippen molar-refractivity contribution in [2.45, 2.75) is 32.4 Å². The molecule has 2 heterocycles. The van der Waals surface area contributed by atoms with Gasteiger partial charge in [0.15, 0.2) is 5.11 Å². The maximum Gasteiger partial charge on any atom is 0.277 e. The number of nitrogens with zero attached hydrogens (tertiary/aromatic N) is 2. The first-order chi connectivity index (χ1) is 14.6. The normalized spacial score (nSPS) is 19.4. The van der Waals surface area contributed by atoms with E-state index >= 15 is 0 Å². The minimum Gasteiger partial charge on any atom is -0.496 e. The van der Waals surface area contributed by atoms with Crippen molar-refractivity contribution in [1.29, 1.82) is 0 Å². The second kappa shape index (κ2) is 8.98. The van der Waals surface area contributed by atoms with Crippen molar-refractivity contribution in [3.05, 3.63) is 70.9 Å². The highest BCUT2D eigenvalue weighted by Crippen LogP contribution is 2.28. The Bertz CT molecular complexity index is 968. The lowest BCUT2D eigenvalue weighted by atomic mass is 10.1. The van der Waals surface area contributed by atoms with Crippen LogP contribution in [0.3, 0.4) is 0 Å². The van der Waals surface area contributed by atoms with Crippen LogP contribution in [0, 0.1) is 0 Å². The molecule has 0 spiro atoms. The molecule has 2 aromatic rings. The van der Waals surface area contributed by atoms with Crippen LogP contribution < -0.4 is 10.1 Å².